The van der Waals surface area contributed by atoms with Gasteiger partial charge in [0.1, 0.15) is 0 Å². The van der Waals surface area contributed by atoms with Gasteiger partial charge in [-0.15, -0.1) is 0 Å². The molecule has 0 radical (unpaired) electrons. The summed E-state index contributed by atoms with van der Waals surface area (Å²) < 4.78 is 11.6. The topological polar surface area (TPSA) is 139 Å². The van der Waals surface area contributed by atoms with Gasteiger partial charge in [-0.1, -0.05) is 215 Å². The number of unbranched alkanes of at least 4 members (excludes halogenated alkanes) is 24. The normalized spacial score (nSPS) is 12.0. The number of carboxylic acids is 2. The first-order valence-corrected chi connectivity index (χ1v) is 23.4. The molecule has 0 aliphatic rings. The Kier molecular flexibility index (Phi) is 43.9. The number of aliphatic carboxylic acids is 2. The second kappa shape index (κ2) is 44.8. The molecule has 2 atom stereocenters. The van der Waals surface area contributed by atoms with Crippen LogP contribution in [0.2, 0.25) is 0 Å². The number of hydrogen-bond acceptors (Lipinski definition) is 8. The zero-order chi connectivity index (χ0) is 42.0. The zero-order valence-corrected chi connectivity index (χ0v) is 41.5. The van der Waals surface area contributed by atoms with Crippen molar-refractivity contribution in [2.24, 2.45) is 0 Å². The van der Waals surface area contributed by atoms with Gasteiger partial charge in [0.2, 0.25) is 0 Å². The minimum Gasteiger partial charge on any atom is -0.550 e. The maximum atomic E-state index is 11.0. The van der Waals surface area contributed by atoms with Crippen molar-refractivity contribution in [1.82, 2.24) is 0 Å². The van der Waals surface area contributed by atoms with E-state index in [0.717, 1.165) is 75.3 Å². The van der Waals surface area contributed by atoms with E-state index in [0.29, 0.717) is 26.4 Å². The van der Waals surface area contributed by atoms with Crippen LogP contribution < -0.4 is 10.2 Å². The number of hydrogen-bond donors (Lipinski definition) is 2. The van der Waals surface area contributed by atoms with Crippen molar-refractivity contribution in [2.75, 3.05) is 13.2 Å². The summed E-state index contributed by atoms with van der Waals surface area (Å²) in [5.41, 5.74) is 2.14. The summed E-state index contributed by atoms with van der Waals surface area (Å²) >= 11 is 0. The fraction of sp³-hybridized carbons (Fsp3) is 0.720. The van der Waals surface area contributed by atoms with Gasteiger partial charge < -0.3 is 39.5 Å². The molecule has 59 heavy (non-hydrogen) atoms. The molecule has 0 saturated carbocycles. The maximum absolute atomic E-state index is 11.0. The Morgan fingerprint density at radius 3 is 0.881 bits per heavy atom. The molecular weight excluding hydrogens is 866 g/mol. The first-order chi connectivity index (χ1) is 28.4. The summed E-state index contributed by atoms with van der Waals surface area (Å²) in [7, 11) is 0. The molecule has 2 unspecified atom stereocenters. The third-order valence-electron chi connectivity index (χ3n) is 10.8. The molecule has 0 amide bonds. The smallest absolute Gasteiger partial charge is 0.550 e. The van der Waals surface area contributed by atoms with Crippen molar-refractivity contribution in [3.8, 4) is 0 Å². The Bertz CT molecular complexity index is 1080. The van der Waals surface area contributed by atoms with Gasteiger partial charge in [0, 0.05) is 38.0 Å². The monoisotopic (exact) mass is 949 g/mol. The second-order valence-electron chi connectivity index (χ2n) is 16.2. The molecule has 0 aliphatic carbocycles. The van der Waals surface area contributed by atoms with Gasteiger partial charge in [0.05, 0.1) is 25.4 Å². The quantitative estimate of drug-likeness (QED) is 0.0498. The molecule has 8 nitrogen and oxygen atoms in total. The van der Waals surface area contributed by atoms with Crippen molar-refractivity contribution < 1.29 is 39.5 Å². The number of benzene rings is 2. The Hall–Kier alpha value is -1.21. The van der Waals surface area contributed by atoms with Crippen LogP contribution in [-0.4, -0.2) is 96.5 Å². The van der Waals surface area contributed by atoms with Gasteiger partial charge in [0.15, 0.2) is 0 Å². The van der Waals surface area contributed by atoms with Crippen molar-refractivity contribution in [3.05, 3.63) is 71.8 Å². The summed E-state index contributed by atoms with van der Waals surface area (Å²) in [6.07, 6.45) is 32.9. The number of aliphatic hydroxyl groups is 2. The molecule has 0 heterocycles. The van der Waals surface area contributed by atoms with Gasteiger partial charge in [-0.2, -0.15) is 0 Å². The third-order valence-corrected chi connectivity index (χ3v) is 10.8. The molecule has 0 bridgehead atoms. The van der Waals surface area contributed by atoms with Crippen molar-refractivity contribution in [1.29, 1.82) is 0 Å². The van der Waals surface area contributed by atoms with Crippen molar-refractivity contribution in [3.63, 3.8) is 0 Å². The van der Waals surface area contributed by atoms with Gasteiger partial charge in [-0.25, -0.2) is 0 Å². The van der Waals surface area contributed by atoms with Gasteiger partial charge in [0.25, 0.3) is 0 Å². The standard InChI is InChI=1S/2C25H42O4.Ba/c2*26-20-16-11-9-7-5-3-1-2-4-6-8-10-15-19-24(21-25(27)28)29-22-23-17-13-12-14-18-23;/h2*12-14,17-18,24,26H,1-11,15-16,19-22H2,(H,27,28);/q;;+2/p-2. The van der Waals surface area contributed by atoms with Crippen LogP contribution in [0.4, 0.5) is 0 Å². The van der Waals surface area contributed by atoms with Crippen molar-refractivity contribution in [2.45, 2.75) is 218 Å². The Morgan fingerprint density at radius 2 is 0.644 bits per heavy atom. The third kappa shape index (κ3) is 40.6. The Balaban J connectivity index is 0.00000112. The minimum atomic E-state index is -1.03. The number of carbonyl (C=O) groups excluding carboxylic acids is 2. The van der Waals surface area contributed by atoms with E-state index in [9.17, 15) is 19.8 Å². The van der Waals surface area contributed by atoms with Gasteiger partial charge in [-0.3, -0.25) is 0 Å². The predicted octanol–water partition coefficient (Wildman–Crippen LogP) is 9.95. The number of carbonyl (C=O) groups is 2. The average molecular weight is 949 g/mol. The molecule has 332 valence electrons. The van der Waals surface area contributed by atoms with Crippen LogP contribution in [0.3, 0.4) is 0 Å². The molecule has 9 heteroatoms. The van der Waals surface area contributed by atoms with Crippen LogP contribution >= 0.6 is 0 Å². The maximum Gasteiger partial charge on any atom is 2.00 e. The predicted molar refractivity (Wildman–Crippen MR) is 238 cm³/mol. The van der Waals surface area contributed by atoms with Gasteiger partial charge >= 0.3 is 48.9 Å². The van der Waals surface area contributed by atoms with Crippen LogP contribution in [0.15, 0.2) is 60.7 Å². The number of rotatable bonds is 40. The summed E-state index contributed by atoms with van der Waals surface area (Å²) in [6.45, 7) is 1.58. The largest absolute Gasteiger partial charge is 2.00 e. The molecular formula is C50H82BaO8. The van der Waals surface area contributed by atoms with Crippen LogP contribution in [0, 0.1) is 0 Å². The summed E-state index contributed by atoms with van der Waals surface area (Å²) in [5, 5.41) is 39.4. The van der Waals surface area contributed by atoms with E-state index in [1.54, 1.807) is 0 Å². The minimum absolute atomic E-state index is 0. The van der Waals surface area contributed by atoms with E-state index in [4.69, 9.17) is 19.7 Å². The molecule has 0 aliphatic heterocycles. The molecule has 0 fully saturated rings. The summed E-state index contributed by atoms with van der Waals surface area (Å²) in [4.78, 5) is 21.9. The second-order valence-corrected chi connectivity index (χ2v) is 16.2. The number of ether oxygens (including phenoxy) is 2. The van der Waals surface area contributed by atoms with E-state index in [1.807, 2.05) is 60.7 Å². The first-order valence-electron chi connectivity index (χ1n) is 23.4. The average Bonchev–Trinajstić information content (AvgIpc) is 3.22. The summed E-state index contributed by atoms with van der Waals surface area (Å²) in [6, 6.07) is 19.8. The van der Waals surface area contributed by atoms with Crippen LogP contribution in [-0.2, 0) is 32.3 Å². The van der Waals surface area contributed by atoms with Gasteiger partial charge in [-0.05, 0) is 36.8 Å². The fourth-order valence-electron chi connectivity index (χ4n) is 7.29. The SMILES string of the molecule is O=C([O-])CC(CCCCCCCCCCCCCCCO)OCc1ccccc1.O=C([O-])CC(CCCCCCCCCCCCCCCO)OCc1ccccc1.[Ba+2]. The van der Waals surface area contributed by atoms with E-state index >= 15 is 0 Å². The van der Waals surface area contributed by atoms with Crippen LogP contribution in [0.1, 0.15) is 204 Å². The van der Waals surface area contributed by atoms with E-state index in [1.165, 1.54) is 116 Å². The number of aliphatic hydroxyl groups excluding tert-OH is 2. The Morgan fingerprint density at radius 1 is 0.407 bits per heavy atom. The van der Waals surface area contributed by atoms with Crippen molar-refractivity contribution >= 4 is 60.8 Å². The Labute approximate surface area is 400 Å². The molecule has 2 aromatic carbocycles. The van der Waals surface area contributed by atoms with Crippen LogP contribution in [0.25, 0.3) is 0 Å². The molecule has 0 aromatic heterocycles. The summed E-state index contributed by atoms with van der Waals surface area (Å²) in [5.74, 6) is -2.06. The van der Waals surface area contributed by atoms with E-state index in [2.05, 4.69) is 0 Å². The fourth-order valence-corrected chi connectivity index (χ4v) is 7.29. The van der Waals surface area contributed by atoms with E-state index in [-0.39, 0.29) is 73.9 Å². The molecule has 2 N–H and O–H groups in total. The molecule has 2 rings (SSSR count). The van der Waals surface area contributed by atoms with Crippen LogP contribution in [0.5, 0.6) is 0 Å². The first kappa shape index (κ1) is 57.8. The van der Waals surface area contributed by atoms with E-state index < -0.39 is 11.9 Å². The molecule has 2 aromatic rings. The molecule has 0 saturated heterocycles. The number of carboxylic acid groups (broad SMARTS) is 2. The molecule has 0 spiro atoms. The zero-order valence-electron chi connectivity index (χ0n) is 37.0.